The zero-order chi connectivity index (χ0) is 15.9. The summed E-state index contributed by atoms with van der Waals surface area (Å²) in [5, 5.41) is 11.9. The van der Waals surface area contributed by atoms with Crippen LogP contribution < -0.4 is 10.1 Å². The van der Waals surface area contributed by atoms with Gasteiger partial charge in [0.2, 0.25) is 11.0 Å². The smallest absolute Gasteiger partial charge is 0.241 e. The Balaban J connectivity index is 1.77. The molecule has 2 rings (SSSR count). The summed E-state index contributed by atoms with van der Waals surface area (Å²) in [6, 6.07) is 6.17. The predicted molar refractivity (Wildman–Crippen MR) is 89.0 cm³/mol. The topological polar surface area (TPSA) is 64.1 Å². The monoisotopic (exact) mass is 339 g/mol. The maximum absolute atomic E-state index is 11.1. The number of amides is 1. The van der Waals surface area contributed by atoms with E-state index in [0.29, 0.717) is 11.7 Å². The van der Waals surface area contributed by atoms with Gasteiger partial charge >= 0.3 is 0 Å². The highest BCUT2D eigenvalue weighted by atomic mass is 35.5. The van der Waals surface area contributed by atoms with Gasteiger partial charge in [0.25, 0.3) is 0 Å². The van der Waals surface area contributed by atoms with Gasteiger partial charge in [0.15, 0.2) is 0 Å². The van der Waals surface area contributed by atoms with Crippen molar-refractivity contribution in [3.05, 3.63) is 34.3 Å². The van der Waals surface area contributed by atoms with Gasteiger partial charge in [-0.1, -0.05) is 23.5 Å². The van der Waals surface area contributed by atoms with E-state index in [2.05, 4.69) is 27.6 Å². The lowest BCUT2D eigenvalue weighted by Gasteiger charge is -2.09. The molecule has 0 unspecified atom stereocenters. The summed E-state index contributed by atoms with van der Waals surface area (Å²) in [5.74, 6) is 0.563. The first kappa shape index (κ1) is 16.7. The molecule has 1 N–H and O–H groups in total. The number of carbonyl (C=O) groups excluding carboxylic acids is 1. The van der Waals surface area contributed by atoms with Crippen molar-refractivity contribution >= 4 is 34.0 Å². The molecular formula is C15H18ClN3O2S. The molecule has 0 atom stereocenters. The van der Waals surface area contributed by atoms with E-state index in [4.69, 9.17) is 16.3 Å². The maximum atomic E-state index is 11.1. The Bertz CT molecular complexity index is 645. The Hall–Kier alpha value is -1.66. The number of anilines is 1. The van der Waals surface area contributed by atoms with Crippen LogP contribution in [-0.4, -0.2) is 28.6 Å². The van der Waals surface area contributed by atoms with Crippen LogP contribution in [0.3, 0.4) is 0 Å². The number of nitrogens with one attached hydrogen (secondary N) is 1. The van der Waals surface area contributed by atoms with Gasteiger partial charge in [0, 0.05) is 6.42 Å². The van der Waals surface area contributed by atoms with Crippen LogP contribution in [0.1, 0.15) is 22.6 Å². The van der Waals surface area contributed by atoms with E-state index in [1.807, 2.05) is 19.9 Å². The molecule has 1 heterocycles. The molecular weight excluding hydrogens is 322 g/mol. The molecule has 0 fully saturated rings. The second-order valence-electron chi connectivity index (χ2n) is 4.90. The van der Waals surface area contributed by atoms with Crippen molar-refractivity contribution in [2.45, 2.75) is 26.7 Å². The van der Waals surface area contributed by atoms with Crippen LogP contribution in [0.2, 0.25) is 0 Å². The van der Waals surface area contributed by atoms with Gasteiger partial charge in [-0.2, -0.15) is 0 Å². The molecule has 5 nitrogen and oxygen atoms in total. The zero-order valence-electron chi connectivity index (χ0n) is 12.6. The van der Waals surface area contributed by atoms with E-state index in [-0.39, 0.29) is 11.8 Å². The fourth-order valence-corrected chi connectivity index (χ4v) is 2.69. The molecule has 0 aliphatic heterocycles. The molecule has 2 aromatic rings. The molecule has 1 aromatic heterocycles. The molecule has 1 amide bonds. The third-order valence-corrected chi connectivity index (χ3v) is 4.11. The van der Waals surface area contributed by atoms with Crippen LogP contribution in [0.25, 0.3) is 0 Å². The highest BCUT2D eigenvalue weighted by molar-refractivity contribution is 7.15. The fourth-order valence-electron chi connectivity index (χ4n) is 1.83. The van der Waals surface area contributed by atoms with Gasteiger partial charge in [-0.3, -0.25) is 10.1 Å². The van der Waals surface area contributed by atoms with Crippen molar-refractivity contribution in [3.8, 4) is 5.75 Å². The Morgan fingerprint density at radius 3 is 2.95 bits per heavy atom. The fraction of sp³-hybridized carbons (Fsp3) is 0.400. The zero-order valence-corrected chi connectivity index (χ0v) is 14.1. The number of rotatable bonds is 7. The van der Waals surface area contributed by atoms with E-state index in [0.717, 1.165) is 29.2 Å². The average Bonchev–Trinajstić information content (AvgIpc) is 2.94. The second kappa shape index (κ2) is 8.10. The van der Waals surface area contributed by atoms with Crippen molar-refractivity contribution in [2.24, 2.45) is 0 Å². The largest absolute Gasteiger partial charge is 0.493 e. The number of aryl methyl sites for hydroxylation is 3. The molecule has 0 saturated carbocycles. The van der Waals surface area contributed by atoms with Crippen LogP contribution in [0, 0.1) is 13.8 Å². The van der Waals surface area contributed by atoms with Gasteiger partial charge in [-0.25, -0.2) is 0 Å². The quantitative estimate of drug-likeness (QED) is 0.620. The summed E-state index contributed by atoms with van der Waals surface area (Å²) in [5.41, 5.74) is 2.32. The number of hydrogen-bond donors (Lipinski definition) is 1. The minimum absolute atomic E-state index is 0.0847. The highest BCUT2D eigenvalue weighted by Gasteiger charge is 2.07. The molecule has 0 spiro atoms. The summed E-state index contributed by atoms with van der Waals surface area (Å²) >= 11 is 6.78. The summed E-state index contributed by atoms with van der Waals surface area (Å²) < 4.78 is 5.80. The van der Waals surface area contributed by atoms with E-state index < -0.39 is 0 Å². The molecule has 0 aliphatic carbocycles. The number of carbonyl (C=O) groups is 1. The molecule has 22 heavy (non-hydrogen) atoms. The Morgan fingerprint density at radius 1 is 1.36 bits per heavy atom. The number of halogens is 1. The minimum Gasteiger partial charge on any atom is -0.493 e. The van der Waals surface area contributed by atoms with Crippen LogP contribution in [0.5, 0.6) is 5.75 Å². The molecule has 118 valence electrons. The number of benzene rings is 1. The number of aromatic nitrogens is 2. The van der Waals surface area contributed by atoms with E-state index in [1.165, 1.54) is 16.9 Å². The SMILES string of the molecule is Cc1ccc(C)c(OCCCc2nnc(NC(=O)CCl)s2)c1. The number of alkyl halides is 1. The maximum Gasteiger partial charge on any atom is 0.241 e. The first-order valence-electron chi connectivity index (χ1n) is 6.96. The standard InChI is InChI=1S/C15H18ClN3O2S/c1-10-5-6-11(2)12(8-10)21-7-3-4-14-18-19-15(22-14)17-13(20)9-16/h5-6,8H,3-4,7,9H2,1-2H3,(H,17,19,20). The highest BCUT2D eigenvalue weighted by Crippen LogP contribution is 2.20. The van der Waals surface area contributed by atoms with Crippen LogP contribution >= 0.6 is 22.9 Å². The van der Waals surface area contributed by atoms with Gasteiger partial charge in [-0.05, 0) is 37.5 Å². The first-order valence-corrected chi connectivity index (χ1v) is 8.32. The summed E-state index contributed by atoms with van der Waals surface area (Å²) in [4.78, 5) is 11.1. The van der Waals surface area contributed by atoms with Gasteiger partial charge in [0.05, 0.1) is 6.61 Å². The molecule has 0 aliphatic rings. The first-order chi connectivity index (χ1) is 10.6. The van der Waals surface area contributed by atoms with Crippen LogP contribution in [0.4, 0.5) is 5.13 Å². The Morgan fingerprint density at radius 2 is 2.18 bits per heavy atom. The van der Waals surface area contributed by atoms with Gasteiger partial charge < -0.3 is 4.74 Å². The lowest BCUT2D eigenvalue weighted by Crippen LogP contribution is -2.12. The van der Waals surface area contributed by atoms with Crippen molar-refractivity contribution < 1.29 is 9.53 Å². The normalized spacial score (nSPS) is 10.5. The summed E-state index contributed by atoms with van der Waals surface area (Å²) in [7, 11) is 0. The van der Waals surface area contributed by atoms with E-state index in [1.54, 1.807) is 0 Å². The Kier molecular flexibility index (Phi) is 6.15. The molecule has 0 saturated heterocycles. The third kappa shape index (κ3) is 4.96. The summed E-state index contributed by atoms with van der Waals surface area (Å²) in [6.07, 6.45) is 1.60. The van der Waals surface area contributed by atoms with Crippen molar-refractivity contribution in [1.29, 1.82) is 0 Å². The molecule has 0 radical (unpaired) electrons. The van der Waals surface area contributed by atoms with Crippen molar-refractivity contribution in [2.75, 3.05) is 17.8 Å². The second-order valence-corrected chi connectivity index (χ2v) is 6.23. The number of nitrogens with zero attached hydrogens (tertiary/aromatic N) is 2. The van der Waals surface area contributed by atoms with Gasteiger partial charge in [0.1, 0.15) is 16.6 Å². The minimum atomic E-state index is -0.275. The molecule has 0 bridgehead atoms. The number of ether oxygens (including phenoxy) is 1. The van der Waals surface area contributed by atoms with Crippen LogP contribution in [0.15, 0.2) is 18.2 Å². The van der Waals surface area contributed by atoms with E-state index >= 15 is 0 Å². The van der Waals surface area contributed by atoms with Gasteiger partial charge in [-0.15, -0.1) is 21.8 Å². The van der Waals surface area contributed by atoms with E-state index in [9.17, 15) is 4.79 Å². The Labute approximate surface area is 138 Å². The summed E-state index contributed by atoms with van der Waals surface area (Å²) in [6.45, 7) is 4.70. The van der Waals surface area contributed by atoms with Crippen LogP contribution in [-0.2, 0) is 11.2 Å². The number of hydrogen-bond acceptors (Lipinski definition) is 5. The molecule has 7 heteroatoms. The van der Waals surface area contributed by atoms with Crippen molar-refractivity contribution in [3.63, 3.8) is 0 Å². The lowest BCUT2D eigenvalue weighted by molar-refractivity contribution is -0.113. The molecule has 1 aromatic carbocycles. The lowest BCUT2D eigenvalue weighted by atomic mass is 10.1. The third-order valence-electron chi connectivity index (χ3n) is 2.97. The average molecular weight is 340 g/mol. The predicted octanol–water partition coefficient (Wildman–Crippen LogP) is 3.34. The van der Waals surface area contributed by atoms with Crippen molar-refractivity contribution in [1.82, 2.24) is 10.2 Å².